The number of nitrogens with zero attached hydrogens (tertiary/aromatic N) is 8. The van der Waals surface area contributed by atoms with Crippen molar-refractivity contribution in [3.05, 3.63) is 84.4 Å². The maximum Gasteiger partial charge on any atom is 0.250 e. The topological polar surface area (TPSA) is 176 Å². The van der Waals surface area contributed by atoms with Crippen LogP contribution in [-0.4, -0.2) is 72.8 Å². The Kier molecular flexibility index (Phi) is 10.0. The molecule has 18 heteroatoms. The van der Waals surface area contributed by atoms with Gasteiger partial charge in [-0.1, -0.05) is 34.8 Å². The van der Waals surface area contributed by atoms with Gasteiger partial charge in [0.2, 0.25) is 11.9 Å². The van der Waals surface area contributed by atoms with Gasteiger partial charge in [0.25, 0.3) is 0 Å². The summed E-state index contributed by atoms with van der Waals surface area (Å²) in [7, 11) is -5.51. The molecule has 4 aromatic heterocycles. The number of hydrazine groups is 1. The molecule has 14 nitrogen and oxygen atoms in total. The summed E-state index contributed by atoms with van der Waals surface area (Å²) in [4.78, 5) is 30.2. The van der Waals surface area contributed by atoms with E-state index in [1.165, 1.54) is 46.9 Å². The average Bonchev–Trinajstić information content (AvgIpc) is 3.68. The van der Waals surface area contributed by atoms with E-state index in [4.69, 9.17) is 9.97 Å². The van der Waals surface area contributed by atoms with E-state index in [-0.39, 0.29) is 21.7 Å². The molecule has 0 fully saturated rings. The van der Waals surface area contributed by atoms with Crippen molar-refractivity contribution >= 4 is 75.9 Å². The molecule has 264 valence electrons. The van der Waals surface area contributed by atoms with Gasteiger partial charge in [-0.25, -0.2) is 56.8 Å². The fourth-order valence-electron chi connectivity index (χ4n) is 5.09. The van der Waals surface area contributed by atoms with Crippen molar-refractivity contribution in [3.63, 3.8) is 0 Å². The molecule has 0 aliphatic carbocycles. The van der Waals surface area contributed by atoms with Crippen LogP contribution in [0, 0.1) is 13.8 Å². The first kappa shape index (κ1) is 35.8. The van der Waals surface area contributed by atoms with Gasteiger partial charge in [-0.15, -0.1) is 0 Å². The minimum absolute atomic E-state index is 0.0499. The second-order valence-electron chi connectivity index (χ2n) is 11.3. The number of hydrogen-bond acceptors (Lipinski definition) is 16. The summed E-state index contributed by atoms with van der Waals surface area (Å²) in [5.74, 6) is 0.250. The monoisotopic (exact) mass is 762 g/mol. The largest absolute Gasteiger partial charge is 0.365 e. The van der Waals surface area contributed by atoms with Gasteiger partial charge in [-0.2, -0.15) is 0 Å². The van der Waals surface area contributed by atoms with E-state index >= 15 is 0 Å². The Bertz CT molecular complexity index is 2450. The highest BCUT2D eigenvalue weighted by Crippen LogP contribution is 2.39. The Morgan fingerprint density at radius 2 is 1.12 bits per heavy atom. The second kappa shape index (κ2) is 14.3. The van der Waals surface area contributed by atoms with E-state index in [2.05, 4.69) is 30.6 Å². The molecule has 4 heterocycles. The normalized spacial score (nSPS) is 11.7. The fraction of sp³-hybridized carbons (Fsp3) is 0.212. The molecule has 0 radical (unpaired) electrons. The van der Waals surface area contributed by atoms with Crippen LogP contribution in [0.5, 0.6) is 0 Å². The SMILES string of the molecule is CCNc1nc(C)c(-c2ccnc(N(c3cccc(S(C)(=O)=O)c3)N(c3cccc(S(C)(=O)=O)c3)c3nccc(-c4sc(NC)nc4C)n3)n2)s1. The minimum atomic E-state index is -3.65. The molecule has 0 saturated carbocycles. The van der Waals surface area contributed by atoms with Crippen molar-refractivity contribution in [1.29, 1.82) is 0 Å². The highest BCUT2D eigenvalue weighted by molar-refractivity contribution is 7.91. The average molecular weight is 763 g/mol. The Morgan fingerprint density at radius 3 is 1.53 bits per heavy atom. The molecule has 51 heavy (non-hydrogen) atoms. The first-order valence-corrected chi connectivity index (χ1v) is 20.9. The second-order valence-corrected chi connectivity index (χ2v) is 17.3. The highest BCUT2D eigenvalue weighted by atomic mass is 32.2. The Balaban J connectivity index is 1.64. The quantitative estimate of drug-likeness (QED) is 0.133. The van der Waals surface area contributed by atoms with Crippen LogP contribution in [0.4, 0.5) is 33.5 Å². The van der Waals surface area contributed by atoms with Gasteiger partial charge in [-0.3, -0.25) is 0 Å². The zero-order chi connectivity index (χ0) is 36.5. The van der Waals surface area contributed by atoms with E-state index < -0.39 is 19.7 Å². The van der Waals surface area contributed by atoms with Crippen LogP contribution in [0.1, 0.15) is 18.3 Å². The summed E-state index contributed by atoms with van der Waals surface area (Å²) in [5, 5.41) is 10.9. The first-order valence-electron chi connectivity index (χ1n) is 15.5. The number of sulfone groups is 2. The maximum atomic E-state index is 12.8. The molecule has 0 atom stereocenters. The molecular formula is C33H34N10O4S4. The van der Waals surface area contributed by atoms with Crippen molar-refractivity contribution in [2.24, 2.45) is 0 Å². The number of aryl methyl sites for hydroxylation is 2. The molecule has 0 aliphatic rings. The number of aromatic nitrogens is 6. The summed E-state index contributed by atoms with van der Waals surface area (Å²) < 4.78 is 51.3. The van der Waals surface area contributed by atoms with Crippen LogP contribution in [-0.2, 0) is 19.7 Å². The molecular weight excluding hydrogens is 729 g/mol. The van der Waals surface area contributed by atoms with Crippen LogP contribution in [0.3, 0.4) is 0 Å². The number of hydrogen-bond donors (Lipinski definition) is 2. The minimum Gasteiger partial charge on any atom is -0.365 e. The lowest BCUT2D eigenvalue weighted by molar-refractivity contribution is 0.600. The molecule has 0 aliphatic heterocycles. The molecule has 0 spiro atoms. The number of anilines is 6. The fourth-order valence-corrected chi connectivity index (χ4v) is 8.30. The Hall–Kier alpha value is -5.04. The number of benzene rings is 2. The lowest BCUT2D eigenvalue weighted by Crippen LogP contribution is -2.38. The molecule has 0 amide bonds. The Labute approximate surface area is 304 Å². The number of nitrogens with one attached hydrogen (secondary N) is 2. The summed E-state index contributed by atoms with van der Waals surface area (Å²) in [6.45, 7) is 6.46. The molecule has 6 rings (SSSR count). The van der Waals surface area contributed by atoms with Crippen LogP contribution >= 0.6 is 22.7 Å². The molecule has 6 aromatic rings. The standard InChI is InChI=1S/C33H34N10O4S4/c1-7-35-33-39-21(3)29(49-33)27-15-17-37-31(41-27)43(23-11-9-13-25(19-23)51(6,46)47)42(22-10-8-12-24(18-22)50(5,44)45)30-36-16-14-26(40-30)28-20(2)38-32(34-4)48-28/h8-19H,7H2,1-6H3,(H,34,38)(H,35,39). The molecule has 2 N–H and O–H groups in total. The van der Waals surface area contributed by atoms with Gasteiger partial charge in [0.15, 0.2) is 29.9 Å². The van der Waals surface area contributed by atoms with Crippen LogP contribution in [0.25, 0.3) is 21.1 Å². The van der Waals surface area contributed by atoms with E-state index in [9.17, 15) is 16.8 Å². The van der Waals surface area contributed by atoms with Gasteiger partial charge < -0.3 is 10.6 Å². The van der Waals surface area contributed by atoms with Gasteiger partial charge in [0.1, 0.15) is 0 Å². The third-order valence-corrected chi connectivity index (χ3v) is 12.0. The van der Waals surface area contributed by atoms with E-state index in [1.54, 1.807) is 65.9 Å². The lowest BCUT2D eigenvalue weighted by atomic mass is 10.2. The number of thiazole rings is 2. The molecule has 0 bridgehead atoms. The summed E-state index contributed by atoms with van der Waals surface area (Å²) in [6.07, 6.45) is 5.44. The molecule has 0 unspecified atom stereocenters. The summed E-state index contributed by atoms with van der Waals surface area (Å²) in [6, 6.07) is 16.1. The Morgan fingerprint density at radius 1 is 0.667 bits per heavy atom. The van der Waals surface area contributed by atoms with E-state index in [0.29, 0.717) is 34.4 Å². The van der Waals surface area contributed by atoms with Crippen LogP contribution in [0.2, 0.25) is 0 Å². The zero-order valence-corrected chi connectivity index (χ0v) is 31.7. The van der Waals surface area contributed by atoms with Crippen molar-refractivity contribution in [1.82, 2.24) is 29.9 Å². The summed E-state index contributed by atoms with van der Waals surface area (Å²) in [5.41, 5.74) is 3.34. The predicted molar refractivity (Wildman–Crippen MR) is 203 cm³/mol. The van der Waals surface area contributed by atoms with Gasteiger partial charge in [0, 0.05) is 38.5 Å². The summed E-state index contributed by atoms with van der Waals surface area (Å²) >= 11 is 2.87. The molecule has 0 saturated heterocycles. The smallest absolute Gasteiger partial charge is 0.250 e. The van der Waals surface area contributed by atoms with Crippen molar-refractivity contribution in [2.75, 3.05) is 46.8 Å². The van der Waals surface area contributed by atoms with Gasteiger partial charge in [0.05, 0.1) is 53.7 Å². The van der Waals surface area contributed by atoms with Crippen LogP contribution in [0.15, 0.2) is 82.8 Å². The zero-order valence-electron chi connectivity index (χ0n) is 28.5. The van der Waals surface area contributed by atoms with Gasteiger partial charge >= 0.3 is 0 Å². The third kappa shape index (κ3) is 7.68. The maximum absolute atomic E-state index is 12.8. The van der Waals surface area contributed by atoms with E-state index in [1.807, 2.05) is 20.8 Å². The third-order valence-electron chi connectivity index (χ3n) is 7.45. The van der Waals surface area contributed by atoms with Crippen molar-refractivity contribution in [3.8, 4) is 21.1 Å². The van der Waals surface area contributed by atoms with Crippen molar-refractivity contribution < 1.29 is 16.8 Å². The van der Waals surface area contributed by atoms with Crippen LogP contribution < -0.4 is 20.7 Å². The van der Waals surface area contributed by atoms with Crippen molar-refractivity contribution in [2.45, 2.75) is 30.6 Å². The van der Waals surface area contributed by atoms with Gasteiger partial charge in [-0.05, 0) is 69.3 Å². The van der Waals surface area contributed by atoms with E-state index in [0.717, 1.165) is 38.8 Å². The lowest BCUT2D eigenvalue weighted by Gasteiger charge is -2.35. The first-order chi connectivity index (χ1) is 24.3. The molecule has 2 aromatic carbocycles. The highest BCUT2D eigenvalue weighted by Gasteiger charge is 2.29. The predicted octanol–water partition coefficient (Wildman–Crippen LogP) is 6.30. The number of rotatable bonds is 12.